The van der Waals surface area contributed by atoms with E-state index in [2.05, 4.69) is 12.2 Å². The van der Waals surface area contributed by atoms with Gasteiger partial charge in [0.1, 0.15) is 0 Å². The van der Waals surface area contributed by atoms with Gasteiger partial charge in [-0.2, -0.15) is 0 Å². The molecule has 1 amide bonds. The molecule has 1 aromatic carbocycles. The van der Waals surface area contributed by atoms with E-state index in [0.717, 1.165) is 17.7 Å². The molecule has 1 N–H and O–H groups in total. The van der Waals surface area contributed by atoms with Crippen LogP contribution in [0.2, 0.25) is 5.02 Å². The van der Waals surface area contributed by atoms with E-state index in [4.69, 9.17) is 11.6 Å². The largest absolute Gasteiger partial charge is 0.326 e. The summed E-state index contributed by atoms with van der Waals surface area (Å²) >= 11 is 5.87. The standard InChI is InChI=1S/C12H14ClNO/c1-7-3-4-9(13)6-11(7)14-12(15)10-5-8(10)2/h3-4,6,8,10H,5H2,1-2H3,(H,14,15)/t8-,10-/m0/s1. The van der Waals surface area contributed by atoms with Crippen LogP contribution in [0.3, 0.4) is 0 Å². The van der Waals surface area contributed by atoms with Gasteiger partial charge in [0.05, 0.1) is 0 Å². The zero-order valence-corrected chi connectivity index (χ0v) is 9.64. The smallest absolute Gasteiger partial charge is 0.227 e. The number of anilines is 1. The monoisotopic (exact) mass is 223 g/mol. The number of carbonyl (C=O) groups is 1. The molecule has 0 heterocycles. The lowest BCUT2D eigenvalue weighted by atomic mass is 10.2. The number of hydrogen-bond donors (Lipinski definition) is 1. The summed E-state index contributed by atoms with van der Waals surface area (Å²) in [5, 5.41) is 3.57. The maximum absolute atomic E-state index is 11.7. The summed E-state index contributed by atoms with van der Waals surface area (Å²) in [6.07, 6.45) is 1.01. The van der Waals surface area contributed by atoms with Crippen LogP contribution in [-0.2, 0) is 4.79 Å². The highest BCUT2D eigenvalue weighted by Crippen LogP contribution is 2.38. The first kappa shape index (κ1) is 10.5. The third kappa shape index (κ3) is 2.32. The topological polar surface area (TPSA) is 29.1 Å². The second kappa shape index (κ2) is 3.86. The van der Waals surface area contributed by atoms with Crippen molar-refractivity contribution in [2.75, 3.05) is 5.32 Å². The lowest BCUT2D eigenvalue weighted by Crippen LogP contribution is -2.15. The second-order valence-corrected chi connectivity index (χ2v) is 4.70. The third-order valence-electron chi connectivity index (χ3n) is 2.90. The minimum atomic E-state index is 0.118. The fourth-order valence-electron chi connectivity index (χ4n) is 1.64. The van der Waals surface area contributed by atoms with E-state index in [1.54, 1.807) is 6.07 Å². The van der Waals surface area contributed by atoms with Crippen molar-refractivity contribution in [2.24, 2.45) is 11.8 Å². The summed E-state index contributed by atoms with van der Waals surface area (Å²) in [5.41, 5.74) is 1.87. The summed E-state index contributed by atoms with van der Waals surface area (Å²) in [6.45, 7) is 4.05. The van der Waals surface area contributed by atoms with Crippen LogP contribution in [0.25, 0.3) is 0 Å². The Bertz CT molecular complexity index is 403. The molecule has 1 aliphatic rings. The fraction of sp³-hybridized carbons (Fsp3) is 0.417. The van der Waals surface area contributed by atoms with E-state index in [9.17, 15) is 4.79 Å². The number of aryl methyl sites for hydroxylation is 1. The summed E-state index contributed by atoms with van der Waals surface area (Å²) in [7, 11) is 0. The lowest BCUT2D eigenvalue weighted by Gasteiger charge is -2.08. The first-order valence-electron chi connectivity index (χ1n) is 5.15. The van der Waals surface area contributed by atoms with Crippen LogP contribution in [-0.4, -0.2) is 5.91 Å². The van der Waals surface area contributed by atoms with Crippen molar-refractivity contribution in [3.63, 3.8) is 0 Å². The molecule has 0 bridgehead atoms. The van der Waals surface area contributed by atoms with Crippen molar-refractivity contribution in [1.29, 1.82) is 0 Å². The summed E-state index contributed by atoms with van der Waals surface area (Å²) in [4.78, 5) is 11.7. The first-order chi connectivity index (χ1) is 7.08. The predicted octanol–water partition coefficient (Wildman–Crippen LogP) is 3.24. The first-order valence-corrected chi connectivity index (χ1v) is 5.52. The number of rotatable bonds is 2. The van der Waals surface area contributed by atoms with Crippen LogP contribution in [0.5, 0.6) is 0 Å². The van der Waals surface area contributed by atoms with Crippen molar-refractivity contribution in [3.05, 3.63) is 28.8 Å². The van der Waals surface area contributed by atoms with Gasteiger partial charge in [-0.05, 0) is 37.0 Å². The molecule has 0 spiro atoms. The van der Waals surface area contributed by atoms with E-state index in [1.165, 1.54) is 0 Å². The van der Waals surface area contributed by atoms with Gasteiger partial charge in [0.25, 0.3) is 0 Å². The zero-order chi connectivity index (χ0) is 11.0. The highest BCUT2D eigenvalue weighted by molar-refractivity contribution is 6.31. The zero-order valence-electron chi connectivity index (χ0n) is 8.88. The van der Waals surface area contributed by atoms with Crippen molar-refractivity contribution in [3.8, 4) is 0 Å². The Morgan fingerprint density at radius 3 is 2.80 bits per heavy atom. The number of amides is 1. The molecular formula is C12H14ClNO. The van der Waals surface area contributed by atoms with Gasteiger partial charge >= 0.3 is 0 Å². The molecule has 3 heteroatoms. The molecule has 1 aromatic rings. The number of benzene rings is 1. The molecule has 1 fully saturated rings. The van der Waals surface area contributed by atoms with Gasteiger partial charge in [0.15, 0.2) is 0 Å². The van der Waals surface area contributed by atoms with E-state index in [0.29, 0.717) is 10.9 Å². The van der Waals surface area contributed by atoms with Gasteiger partial charge in [-0.25, -0.2) is 0 Å². The molecule has 0 saturated heterocycles. The highest BCUT2D eigenvalue weighted by Gasteiger charge is 2.39. The van der Waals surface area contributed by atoms with Gasteiger partial charge in [-0.3, -0.25) is 4.79 Å². The molecule has 2 rings (SSSR count). The maximum atomic E-state index is 11.7. The number of halogens is 1. The van der Waals surface area contributed by atoms with Crippen molar-refractivity contribution < 1.29 is 4.79 Å². The van der Waals surface area contributed by atoms with Crippen LogP contribution in [0.1, 0.15) is 18.9 Å². The Morgan fingerprint density at radius 2 is 2.20 bits per heavy atom. The van der Waals surface area contributed by atoms with E-state index >= 15 is 0 Å². The van der Waals surface area contributed by atoms with Gasteiger partial charge in [-0.1, -0.05) is 24.6 Å². The van der Waals surface area contributed by atoms with Crippen LogP contribution in [0, 0.1) is 18.8 Å². The summed E-state index contributed by atoms with van der Waals surface area (Å²) in [6, 6.07) is 5.53. The SMILES string of the molecule is Cc1ccc(Cl)cc1NC(=O)[C@H]1C[C@@H]1C. The molecule has 0 radical (unpaired) electrons. The molecule has 80 valence electrons. The van der Waals surface area contributed by atoms with Crippen molar-refractivity contribution in [1.82, 2.24) is 0 Å². The van der Waals surface area contributed by atoms with E-state index < -0.39 is 0 Å². The Labute approximate surface area is 94.6 Å². The highest BCUT2D eigenvalue weighted by atomic mass is 35.5. The molecule has 0 aliphatic heterocycles. The lowest BCUT2D eigenvalue weighted by molar-refractivity contribution is -0.117. The van der Waals surface area contributed by atoms with Gasteiger partial charge in [0.2, 0.25) is 5.91 Å². The Kier molecular flexibility index (Phi) is 2.70. The van der Waals surface area contributed by atoms with Gasteiger partial charge < -0.3 is 5.32 Å². The number of carbonyl (C=O) groups excluding carboxylic acids is 1. The maximum Gasteiger partial charge on any atom is 0.227 e. The van der Waals surface area contributed by atoms with Crippen LogP contribution < -0.4 is 5.32 Å². The normalized spacial score (nSPS) is 23.7. The third-order valence-corrected chi connectivity index (χ3v) is 3.14. The van der Waals surface area contributed by atoms with Crippen molar-refractivity contribution in [2.45, 2.75) is 20.3 Å². The Morgan fingerprint density at radius 1 is 1.53 bits per heavy atom. The van der Waals surface area contributed by atoms with Crippen LogP contribution in [0.15, 0.2) is 18.2 Å². The average molecular weight is 224 g/mol. The minimum absolute atomic E-state index is 0.118. The summed E-state index contributed by atoms with van der Waals surface area (Å²) in [5.74, 6) is 0.848. The Hall–Kier alpha value is -1.02. The van der Waals surface area contributed by atoms with E-state index in [1.807, 2.05) is 19.1 Å². The molecule has 1 saturated carbocycles. The number of hydrogen-bond acceptors (Lipinski definition) is 1. The average Bonchev–Trinajstić information content (AvgIpc) is 2.89. The second-order valence-electron chi connectivity index (χ2n) is 4.27. The van der Waals surface area contributed by atoms with Gasteiger partial charge in [-0.15, -0.1) is 0 Å². The van der Waals surface area contributed by atoms with Gasteiger partial charge in [0, 0.05) is 16.6 Å². The molecular weight excluding hydrogens is 210 g/mol. The van der Waals surface area contributed by atoms with Crippen LogP contribution in [0.4, 0.5) is 5.69 Å². The fourth-order valence-corrected chi connectivity index (χ4v) is 1.81. The molecule has 2 nitrogen and oxygen atoms in total. The van der Waals surface area contributed by atoms with E-state index in [-0.39, 0.29) is 11.8 Å². The molecule has 2 atom stereocenters. The molecule has 1 aliphatic carbocycles. The molecule has 0 aromatic heterocycles. The predicted molar refractivity (Wildman–Crippen MR) is 62.1 cm³/mol. The molecule has 15 heavy (non-hydrogen) atoms. The molecule has 0 unspecified atom stereocenters. The number of nitrogens with one attached hydrogen (secondary N) is 1. The summed E-state index contributed by atoms with van der Waals surface area (Å²) < 4.78 is 0. The van der Waals surface area contributed by atoms with Crippen LogP contribution >= 0.6 is 11.6 Å². The Balaban J connectivity index is 2.10. The minimum Gasteiger partial charge on any atom is -0.326 e. The quantitative estimate of drug-likeness (QED) is 0.820. The van der Waals surface area contributed by atoms with Crippen molar-refractivity contribution >= 4 is 23.2 Å².